The van der Waals surface area contributed by atoms with Gasteiger partial charge in [-0.2, -0.15) is 0 Å². The summed E-state index contributed by atoms with van der Waals surface area (Å²) >= 11 is 8.94. The van der Waals surface area contributed by atoms with Gasteiger partial charge < -0.3 is 0 Å². The Hall–Kier alpha value is -1.12. The van der Waals surface area contributed by atoms with E-state index in [4.69, 9.17) is 0 Å². The summed E-state index contributed by atoms with van der Waals surface area (Å²) in [5, 5.41) is 0. The summed E-state index contributed by atoms with van der Waals surface area (Å²) in [5.74, 6) is 0. The van der Waals surface area contributed by atoms with E-state index >= 15 is 0 Å². The molecule has 0 saturated heterocycles. The largest absolute Gasteiger partial charge is 0.142 e. The van der Waals surface area contributed by atoms with Crippen molar-refractivity contribution in [3.8, 4) is 0 Å². The van der Waals surface area contributed by atoms with Crippen molar-refractivity contribution in [1.29, 1.82) is 0 Å². The van der Waals surface area contributed by atoms with Crippen LogP contribution in [0.1, 0.15) is 33.3 Å². The summed E-state index contributed by atoms with van der Waals surface area (Å²) in [6.45, 7) is 15.4. The zero-order chi connectivity index (χ0) is 16.0. The summed E-state index contributed by atoms with van der Waals surface area (Å²) in [5.41, 5.74) is 1.94. The van der Waals surface area contributed by atoms with Gasteiger partial charge in [-0.05, 0) is 11.1 Å². The monoisotopic (exact) mass is 306 g/mol. The predicted octanol–water partition coefficient (Wildman–Crippen LogP) is 6.57. The first-order valence-electron chi connectivity index (χ1n) is 6.84. The predicted molar refractivity (Wildman–Crippen MR) is 103 cm³/mol. The SMILES string of the molecule is C=C/C=C(C=C)/C(S)=C(/S)c1ccccc1.CC.CC. The molecule has 0 heterocycles. The quantitative estimate of drug-likeness (QED) is 0.456. The third-order valence-electron chi connectivity index (χ3n) is 2.06. The van der Waals surface area contributed by atoms with Crippen molar-refractivity contribution >= 4 is 30.2 Å². The maximum atomic E-state index is 4.48. The number of rotatable bonds is 4. The maximum absolute atomic E-state index is 4.48. The molecule has 0 fully saturated rings. The lowest BCUT2D eigenvalue weighted by atomic mass is 10.1. The number of hydrogen-bond acceptors (Lipinski definition) is 2. The van der Waals surface area contributed by atoms with Crippen LogP contribution in [0.25, 0.3) is 4.91 Å². The zero-order valence-electron chi connectivity index (χ0n) is 12.9. The molecule has 2 heteroatoms. The van der Waals surface area contributed by atoms with Gasteiger partial charge in [0.1, 0.15) is 0 Å². The molecule has 0 aliphatic heterocycles. The molecular weight excluding hydrogens is 280 g/mol. The fourth-order valence-electron chi connectivity index (χ4n) is 1.24. The molecule has 0 spiro atoms. The van der Waals surface area contributed by atoms with Crippen molar-refractivity contribution in [2.24, 2.45) is 0 Å². The molecule has 0 bridgehead atoms. The molecule has 0 radical (unpaired) electrons. The second-order valence-electron chi connectivity index (χ2n) is 3.13. The van der Waals surface area contributed by atoms with Gasteiger partial charge in [-0.3, -0.25) is 0 Å². The van der Waals surface area contributed by atoms with Crippen LogP contribution in [-0.4, -0.2) is 0 Å². The average molecular weight is 307 g/mol. The van der Waals surface area contributed by atoms with Gasteiger partial charge in [0, 0.05) is 9.81 Å². The standard InChI is InChI=1S/C14H14S2.2C2H6/c1-3-8-11(4-2)13(15)14(16)12-9-6-5-7-10-12;2*1-2/h3-10,15-16H,1-2H2;2*1-2H3/b11-8+,14-13-;;. The first kappa shape index (κ1) is 21.2. The van der Waals surface area contributed by atoms with Crippen molar-refractivity contribution in [2.75, 3.05) is 0 Å². The first-order valence-corrected chi connectivity index (χ1v) is 7.73. The van der Waals surface area contributed by atoms with Crippen molar-refractivity contribution in [2.45, 2.75) is 27.7 Å². The van der Waals surface area contributed by atoms with Crippen LogP contribution >= 0.6 is 25.3 Å². The van der Waals surface area contributed by atoms with Crippen molar-refractivity contribution < 1.29 is 0 Å². The topological polar surface area (TPSA) is 0 Å². The summed E-state index contributed by atoms with van der Waals surface area (Å²) in [4.78, 5) is 1.63. The Labute approximate surface area is 135 Å². The molecular formula is C18H26S2. The fraction of sp³-hybridized carbons (Fsp3) is 0.222. The molecule has 0 nitrogen and oxygen atoms in total. The van der Waals surface area contributed by atoms with Gasteiger partial charge in [0.25, 0.3) is 0 Å². The minimum absolute atomic E-state index is 0.796. The Bertz CT molecular complexity index is 440. The van der Waals surface area contributed by atoms with Gasteiger partial charge in [-0.15, -0.1) is 25.3 Å². The highest BCUT2D eigenvalue weighted by atomic mass is 32.1. The normalized spacial score (nSPS) is 11.0. The van der Waals surface area contributed by atoms with E-state index in [9.17, 15) is 0 Å². The van der Waals surface area contributed by atoms with E-state index in [2.05, 4.69) is 38.4 Å². The Balaban J connectivity index is 0. The fourth-order valence-corrected chi connectivity index (χ4v) is 1.81. The van der Waals surface area contributed by atoms with Crippen molar-refractivity contribution in [3.05, 3.63) is 77.8 Å². The van der Waals surface area contributed by atoms with Crippen LogP contribution in [0.15, 0.2) is 72.2 Å². The van der Waals surface area contributed by atoms with Crippen LogP contribution in [-0.2, 0) is 0 Å². The lowest BCUT2D eigenvalue weighted by Crippen LogP contribution is -1.83. The van der Waals surface area contributed by atoms with Crippen LogP contribution in [0.2, 0.25) is 0 Å². The zero-order valence-corrected chi connectivity index (χ0v) is 14.7. The van der Waals surface area contributed by atoms with Crippen LogP contribution in [0.5, 0.6) is 0 Å². The van der Waals surface area contributed by atoms with E-state index in [-0.39, 0.29) is 0 Å². The van der Waals surface area contributed by atoms with E-state index in [1.54, 1.807) is 12.2 Å². The molecule has 0 aliphatic rings. The lowest BCUT2D eigenvalue weighted by molar-refractivity contribution is 1.50. The van der Waals surface area contributed by atoms with E-state index in [0.717, 1.165) is 20.9 Å². The number of hydrogen-bond donors (Lipinski definition) is 2. The molecule has 0 saturated carbocycles. The molecule has 0 atom stereocenters. The van der Waals surface area contributed by atoms with Gasteiger partial charge in [0.05, 0.1) is 0 Å². The molecule has 1 rings (SSSR count). The second-order valence-corrected chi connectivity index (χ2v) is 4.02. The van der Waals surface area contributed by atoms with Gasteiger partial charge >= 0.3 is 0 Å². The van der Waals surface area contributed by atoms with Crippen molar-refractivity contribution in [1.82, 2.24) is 0 Å². The highest BCUT2D eigenvalue weighted by Crippen LogP contribution is 2.29. The number of thiol groups is 2. The molecule has 20 heavy (non-hydrogen) atoms. The molecule has 110 valence electrons. The van der Waals surface area contributed by atoms with Gasteiger partial charge in [0.2, 0.25) is 0 Å². The highest BCUT2D eigenvalue weighted by Gasteiger charge is 2.04. The number of allylic oxidation sites excluding steroid dienone is 4. The molecule has 0 N–H and O–H groups in total. The molecule has 0 unspecified atom stereocenters. The van der Waals surface area contributed by atoms with E-state index in [0.29, 0.717) is 0 Å². The Kier molecular flexibility index (Phi) is 15.1. The summed E-state index contributed by atoms with van der Waals surface area (Å²) in [7, 11) is 0. The summed E-state index contributed by atoms with van der Waals surface area (Å²) < 4.78 is 0. The van der Waals surface area contributed by atoms with Gasteiger partial charge in [-0.25, -0.2) is 0 Å². The maximum Gasteiger partial charge on any atom is 0.0253 e. The minimum Gasteiger partial charge on any atom is -0.142 e. The lowest BCUT2D eigenvalue weighted by Gasteiger charge is -2.07. The molecule has 0 aromatic heterocycles. The van der Waals surface area contributed by atoms with Crippen molar-refractivity contribution in [3.63, 3.8) is 0 Å². The van der Waals surface area contributed by atoms with Crippen LogP contribution < -0.4 is 0 Å². The van der Waals surface area contributed by atoms with Crippen LogP contribution in [0, 0.1) is 0 Å². The smallest absolute Gasteiger partial charge is 0.0253 e. The van der Waals surface area contributed by atoms with Crippen LogP contribution in [0.3, 0.4) is 0 Å². The highest BCUT2D eigenvalue weighted by molar-refractivity contribution is 7.93. The Morgan fingerprint density at radius 1 is 0.950 bits per heavy atom. The Morgan fingerprint density at radius 2 is 1.45 bits per heavy atom. The second kappa shape index (κ2) is 14.3. The molecule has 1 aromatic carbocycles. The summed E-state index contributed by atoms with van der Waals surface area (Å²) in [6, 6.07) is 9.89. The average Bonchev–Trinajstić information content (AvgIpc) is 2.55. The molecule has 0 aliphatic carbocycles. The van der Waals surface area contributed by atoms with E-state index in [1.807, 2.05) is 64.1 Å². The van der Waals surface area contributed by atoms with Gasteiger partial charge in [-0.1, -0.05) is 89.4 Å². The van der Waals surface area contributed by atoms with E-state index < -0.39 is 0 Å². The minimum atomic E-state index is 0.796. The Morgan fingerprint density at radius 3 is 1.85 bits per heavy atom. The van der Waals surface area contributed by atoms with Crippen LogP contribution in [0.4, 0.5) is 0 Å². The third-order valence-corrected chi connectivity index (χ3v) is 3.20. The first-order chi connectivity index (χ1) is 9.70. The van der Waals surface area contributed by atoms with Gasteiger partial charge in [0.15, 0.2) is 0 Å². The molecule has 1 aromatic rings. The summed E-state index contributed by atoms with van der Waals surface area (Å²) in [6.07, 6.45) is 5.30. The number of benzene rings is 1. The molecule has 0 amide bonds. The third kappa shape index (κ3) is 7.46. The van der Waals surface area contributed by atoms with E-state index in [1.165, 1.54) is 0 Å².